The molecule has 0 unspecified atom stereocenters. The van der Waals surface area contributed by atoms with E-state index in [1.54, 1.807) is 0 Å². The molecule has 0 heterocycles. The summed E-state index contributed by atoms with van der Waals surface area (Å²) in [5.41, 5.74) is 4.95. The van der Waals surface area contributed by atoms with Gasteiger partial charge in [-0.2, -0.15) is 13.2 Å². The van der Waals surface area contributed by atoms with Crippen molar-refractivity contribution in [2.24, 2.45) is 10.7 Å². The SMILES string of the molecule is CCN(CC)C(N)=NCCOc1ccc(Br)cc1C(F)(F)F. The van der Waals surface area contributed by atoms with Crippen molar-refractivity contribution in [2.45, 2.75) is 20.0 Å². The Bertz CT molecular complexity index is 517. The lowest BCUT2D eigenvalue weighted by atomic mass is 10.2. The lowest BCUT2D eigenvalue weighted by Gasteiger charge is -2.19. The molecule has 2 N–H and O–H groups in total. The van der Waals surface area contributed by atoms with E-state index >= 15 is 0 Å². The van der Waals surface area contributed by atoms with Gasteiger partial charge >= 0.3 is 6.18 Å². The number of guanidine groups is 1. The molecular weight excluding hydrogens is 363 g/mol. The van der Waals surface area contributed by atoms with Crippen LogP contribution in [-0.4, -0.2) is 37.1 Å². The highest BCUT2D eigenvalue weighted by Crippen LogP contribution is 2.37. The molecule has 0 amide bonds. The van der Waals surface area contributed by atoms with Crippen molar-refractivity contribution in [2.75, 3.05) is 26.2 Å². The molecule has 0 fully saturated rings. The summed E-state index contributed by atoms with van der Waals surface area (Å²) in [4.78, 5) is 5.94. The van der Waals surface area contributed by atoms with E-state index in [-0.39, 0.29) is 18.9 Å². The Hall–Kier alpha value is -1.44. The fourth-order valence-electron chi connectivity index (χ4n) is 1.81. The van der Waals surface area contributed by atoms with Gasteiger partial charge in [-0.25, -0.2) is 4.99 Å². The first-order valence-corrected chi connectivity index (χ1v) is 7.63. The van der Waals surface area contributed by atoms with Gasteiger partial charge in [0.1, 0.15) is 12.4 Å². The third-order valence-electron chi connectivity index (χ3n) is 2.96. The minimum Gasteiger partial charge on any atom is -0.491 e. The first-order chi connectivity index (χ1) is 10.3. The third kappa shape index (κ3) is 5.40. The standard InChI is InChI=1S/C14H19BrF3N3O/c1-3-21(4-2)13(19)20-7-8-22-12-6-5-10(15)9-11(12)14(16,17)18/h5-6,9H,3-4,7-8H2,1-2H3,(H2,19,20). The Kier molecular flexibility index (Phi) is 6.99. The van der Waals surface area contributed by atoms with Gasteiger partial charge in [0, 0.05) is 17.6 Å². The molecule has 0 aromatic heterocycles. The Labute approximate surface area is 136 Å². The summed E-state index contributed by atoms with van der Waals surface area (Å²) in [6.07, 6.45) is -4.47. The summed E-state index contributed by atoms with van der Waals surface area (Å²) in [5.74, 6) is 0.146. The van der Waals surface area contributed by atoms with Gasteiger partial charge in [0.15, 0.2) is 5.96 Å². The van der Waals surface area contributed by atoms with E-state index in [4.69, 9.17) is 10.5 Å². The maximum atomic E-state index is 12.9. The lowest BCUT2D eigenvalue weighted by molar-refractivity contribution is -0.139. The molecule has 0 aliphatic carbocycles. The number of benzene rings is 1. The number of nitrogens with two attached hydrogens (primary N) is 1. The molecule has 0 aliphatic rings. The third-order valence-corrected chi connectivity index (χ3v) is 3.45. The lowest BCUT2D eigenvalue weighted by Crippen LogP contribution is -2.37. The van der Waals surface area contributed by atoms with E-state index in [0.717, 1.165) is 19.2 Å². The average Bonchev–Trinajstić information content (AvgIpc) is 2.45. The number of aliphatic imine (C=N–C) groups is 1. The summed E-state index contributed by atoms with van der Waals surface area (Å²) in [6, 6.07) is 3.77. The van der Waals surface area contributed by atoms with E-state index in [9.17, 15) is 13.2 Å². The predicted octanol–water partition coefficient (Wildman–Crippen LogP) is 3.50. The highest BCUT2D eigenvalue weighted by Gasteiger charge is 2.34. The van der Waals surface area contributed by atoms with Crippen LogP contribution in [0, 0.1) is 0 Å². The summed E-state index contributed by atoms with van der Waals surface area (Å²) < 4.78 is 44.3. The average molecular weight is 382 g/mol. The van der Waals surface area contributed by atoms with Crippen LogP contribution < -0.4 is 10.5 Å². The maximum absolute atomic E-state index is 12.9. The molecule has 4 nitrogen and oxygen atoms in total. The molecule has 1 rings (SSSR count). The molecule has 22 heavy (non-hydrogen) atoms. The van der Waals surface area contributed by atoms with Crippen LogP contribution in [0.5, 0.6) is 5.75 Å². The van der Waals surface area contributed by atoms with Crippen molar-refractivity contribution >= 4 is 21.9 Å². The highest BCUT2D eigenvalue weighted by atomic mass is 79.9. The van der Waals surface area contributed by atoms with Gasteiger partial charge < -0.3 is 15.4 Å². The molecule has 0 bridgehead atoms. The Morgan fingerprint density at radius 1 is 1.32 bits per heavy atom. The van der Waals surface area contributed by atoms with Gasteiger partial charge in [0.2, 0.25) is 0 Å². The van der Waals surface area contributed by atoms with E-state index in [1.165, 1.54) is 12.1 Å². The largest absolute Gasteiger partial charge is 0.491 e. The van der Waals surface area contributed by atoms with Crippen LogP contribution in [0.15, 0.2) is 27.7 Å². The highest BCUT2D eigenvalue weighted by molar-refractivity contribution is 9.10. The van der Waals surface area contributed by atoms with Gasteiger partial charge in [-0.05, 0) is 32.0 Å². The number of hydrogen-bond acceptors (Lipinski definition) is 2. The molecule has 0 spiro atoms. The minimum atomic E-state index is -4.47. The van der Waals surface area contributed by atoms with Crippen LogP contribution >= 0.6 is 15.9 Å². The maximum Gasteiger partial charge on any atom is 0.420 e. The molecule has 0 saturated carbocycles. The van der Waals surface area contributed by atoms with Crippen molar-refractivity contribution < 1.29 is 17.9 Å². The molecular formula is C14H19BrF3N3O. The number of ether oxygens (including phenoxy) is 1. The summed E-state index contributed by atoms with van der Waals surface area (Å²) in [5, 5.41) is 0. The van der Waals surface area contributed by atoms with E-state index in [1.807, 2.05) is 18.7 Å². The predicted molar refractivity (Wildman–Crippen MR) is 84.0 cm³/mol. The quantitative estimate of drug-likeness (QED) is 0.466. The fraction of sp³-hybridized carbons (Fsp3) is 0.500. The van der Waals surface area contributed by atoms with Crippen molar-refractivity contribution in [3.63, 3.8) is 0 Å². The van der Waals surface area contributed by atoms with E-state index < -0.39 is 11.7 Å². The first-order valence-electron chi connectivity index (χ1n) is 6.84. The van der Waals surface area contributed by atoms with Gasteiger partial charge in [-0.1, -0.05) is 15.9 Å². The van der Waals surface area contributed by atoms with Crippen molar-refractivity contribution in [3.05, 3.63) is 28.2 Å². The number of alkyl halides is 3. The zero-order chi connectivity index (χ0) is 16.8. The number of hydrogen-bond donors (Lipinski definition) is 1. The minimum absolute atomic E-state index is 0.0205. The van der Waals surface area contributed by atoms with Gasteiger partial charge in [0.25, 0.3) is 0 Å². The van der Waals surface area contributed by atoms with Crippen LogP contribution in [-0.2, 0) is 6.18 Å². The molecule has 0 radical (unpaired) electrons. The van der Waals surface area contributed by atoms with Crippen LogP contribution in [0.1, 0.15) is 19.4 Å². The molecule has 1 aromatic carbocycles. The second-order valence-electron chi connectivity index (χ2n) is 4.40. The molecule has 0 aliphatic heterocycles. The normalized spacial score (nSPS) is 12.4. The van der Waals surface area contributed by atoms with Gasteiger partial charge in [-0.3, -0.25) is 0 Å². The van der Waals surface area contributed by atoms with Crippen LogP contribution in [0.2, 0.25) is 0 Å². The van der Waals surface area contributed by atoms with Crippen molar-refractivity contribution in [3.8, 4) is 5.75 Å². The zero-order valence-corrected chi connectivity index (χ0v) is 14.0. The smallest absolute Gasteiger partial charge is 0.420 e. The number of rotatable bonds is 6. The number of nitrogens with zero attached hydrogens (tertiary/aromatic N) is 2. The van der Waals surface area contributed by atoms with Crippen molar-refractivity contribution in [1.82, 2.24) is 4.90 Å². The summed E-state index contributed by atoms with van der Waals surface area (Å²) in [7, 11) is 0. The van der Waals surface area contributed by atoms with Gasteiger partial charge in [-0.15, -0.1) is 0 Å². The first kappa shape index (κ1) is 18.6. The Morgan fingerprint density at radius 2 is 1.95 bits per heavy atom. The van der Waals surface area contributed by atoms with Crippen LogP contribution in [0.25, 0.3) is 0 Å². The molecule has 124 valence electrons. The van der Waals surface area contributed by atoms with Crippen molar-refractivity contribution in [1.29, 1.82) is 0 Å². The molecule has 0 saturated heterocycles. The Balaban J connectivity index is 2.68. The van der Waals surface area contributed by atoms with Gasteiger partial charge in [0.05, 0.1) is 12.1 Å². The fourth-order valence-corrected chi connectivity index (χ4v) is 2.17. The second-order valence-corrected chi connectivity index (χ2v) is 5.31. The summed E-state index contributed by atoms with van der Waals surface area (Å²) >= 11 is 3.02. The molecule has 1 aromatic rings. The van der Waals surface area contributed by atoms with Crippen LogP contribution in [0.4, 0.5) is 13.2 Å². The monoisotopic (exact) mass is 381 g/mol. The topological polar surface area (TPSA) is 50.8 Å². The van der Waals surface area contributed by atoms with E-state index in [2.05, 4.69) is 20.9 Å². The van der Waals surface area contributed by atoms with Crippen LogP contribution in [0.3, 0.4) is 0 Å². The zero-order valence-electron chi connectivity index (χ0n) is 12.5. The Morgan fingerprint density at radius 3 is 2.50 bits per heavy atom. The molecule has 0 atom stereocenters. The van der Waals surface area contributed by atoms with E-state index in [0.29, 0.717) is 10.4 Å². The summed E-state index contributed by atoms with van der Waals surface area (Å²) in [6.45, 7) is 5.54. The molecule has 8 heteroatoms. The number of halogens is 4. The second kappa shape index (κ2) is 8.26.